The van der Waals surface area contributed by atoms with Crippen molar-refractivity contribution in [3.8, 4) is 18.0 Å². The normalized spacial score (nSPS) is 22.1. The summed E-state index contributed by atoms with van der Waals surface area (Å²) >= 11 is 0. The summed E-state index contributed by atoms with van der Waals surface area (Å²) in [6, 6.07) is 6.56. The van der Waals surface area contributed by atoms with Gasteiger partial charge in [-0.15, -0.1) is 4.99 Å². The third-order valence-corrected chi connectivity index (χ3v) is 3.67. The highest BCUT2D eigenvalue weighted by atomic mass is 16.5. The molecule has 0 amide bonds. The number of guanidine groups is 1. The van der Waals surface area contributed by atoms with Gasteiger partial charge in [-0.2, -0.15) is 10.5 Å². The molecule has 0 unspecified atom stereocenters. The Labute approximate surface area is 135 Å². The van der Waals surface area contributed by atoms with Gasteiger partial charge in [-0.05, 0) is 39.0 Å². The van der Waals surface area contributed by atoms with Crippen LogP contribution in [-0.2, 0) is 0 Å². The molecule has 0 saturated heterocycles. The molecule has 0 fully saturated rings. The highest BCUT2D eigenvalue weighted by Gasteiger charge is 2.43. The molecule has 3 N–H and O–H groups in total. The first-order valence-corrected chi connectivity index (χ1v) is 7.31. The molecule has 0 saturated carbocycles. The average Bonchev–Trinajstić information content (AvgIpc) is 2.51. The molecule has 1 aromatic rings. The van der Waals surface area contributed by atoms with Gasteiger partial charge in [-0.1, -0.05) is 0 Å². The monoisotopic (exact) mass is 313 g/mol. The molecule has 7 nitrogen and oxygen atoms in total. The summed E-state index contributed by atoms with van der Waals surface area (Å²) in [5.74, 6) is 0.856. The van der Waals surface area contributed by atoms with Crippen LogP contribution in [0.5, 0.6) is 5.75 Å². The molecule has 0 aliphatic carbocycles. The Morgan fingerprint density at radius 1 is 1.43 bits per heavy atom. The maximum Gasteiger partial charge on any atom is 0.209 e. The van der Waals surface area contributed by atoms with Crippen LogP contribution < -0.4 is 15.4 Å². The quantitative estimate of drug-likeness (QED) is 0.429. The van der Waals surface area contributed by atoms with Crippen LogP contribution in [0, 0.1) is 22.8 Å². The molecular formula is C16H19N5O2. The second-order valence-corrected chi connectivity index (χ2v) is 5.73. The lowest BCUT2D eigenvalue weighted by molar-refractivity contribution is -0.0611. The van der Waals surface area contributed by atoms with Crippen molar-refractivity contribution in [1.29, 1.82) is 10.5 Å². The molecule has 0 bridgehead atoms. The number of nitriles is 2. The number of aliphatic hydroxyl groups is 1. The number of aliphatic hydroxyl groups excluding tert-OH is 1. The van der Waals surface area contributed by atoms with E-state index in [4.69, 9.17) is 15.3 Å². The third-order valence-electron chi connectivity index (χ3n) is 3.67. The molecule has 0 radical (unpaired) electrons. The number of rotatable bonds is 2. The molecule has 2 atom stereocenters. The Bertz CT molecular complexity index is 699. The Morgan fingerprint density at radius 2 is 2.17 bits per heavy atom. The lowest BCUT2D eigenvalue weighted by Crippen LogP contribution is -2.55. The summed E-state index contributed by atoms with van der Waals surface area (Å²) in [5, 5.41) is 34.5. The van der Waals surface area contributed by atoms with E-state index >= 15 is 0 Å². The van der Waals surface area contributed by atoms with Gasteiger partial charge < -0.3 is 20.5 Å². The summed E-state index contributed by atoms with van der Waals surface area (Å²) in [7, 11) is 0. The van der Waals surface area contributed by atoms with Gasteiger partial charge >= 0.3 is 0 Å². The summed E-state index contributed by atoms with van der Waals surface area (Å²) < 4.78 is 5.84. The molecule has 7 heteroatoms. The Balaban J connectivity index is 2.46. The molecular weight excluding hydrogens is 294 g/mol. The van der Waals surface area contributed by atoms with Gasteiger partial charge in [-0.25, -0.2) is 0 Å². The van der Waals surface area contributed by atoms with Crippen molar-refractivity contribution in [3.63, 3.8) is 0 Å². The van der Waals surface area contributed by atoms with Crippen molar-refractivity contribution < 1.29 is 9.84 Å². The first kappa shape index (κ1) is 16.6. The Morgan fingerprint density at radius 3 is 2.78 bits per heavy atom. The summed E-state index contributed by atoms with van der Waals surface area (Å²) in [6.07, 6.45) is 0.825. The average molecular weight is 313 g/mol. The van der Waals surface area contributed by atoms with Gasteiger partial charge in [-0.3, -0.25) is 0 Å². The molecule has 120 valence electrons. The molecule has 23 heavy (non-hydrogen) atoms. The van der Waals surface area contributed by atoms with Crippen LogP contribution in [0.25, 0.3) is 0 Å². The summed E-state index contributed by atoms with van der Waals surface area (Å²) in [4.78, 5) is 3.69. The summed E-state index contributed by atoms with van der Waals surface area (Å²) in [5.41, 5.74) is 0.288. The van der Waals surface area contributed by atoms with Gasteiger partial charge in [0.05, 0.1) is 17.7 Å². The second-order valence-electron chi connectivity index (χ2n) is 5.73. The fourth-order valence-electron chi connectivity index (χ4n) is 2.51. The van der Waals surface area contributed by atoms with Crippen LogP contribution in [0.2, 0.25) is 0 Å². The molecule has 2 rings (SSSR count). The largest absolute Gasteiger partial charge is 0.485 e. The predicted octanol–water partition coefficient (Wildman–Crippen LogP) is 1.17. The second kappa shape index (κ2) is 6.55. The summed E-state index contributed by atoms with van der Waals surface area (Å²) in [6.45, 7) is 6.01. The van der Waals surface area contributed by atoms with Crippen molar-refractivity contribution in [2.75, 3.05) is 6.54 Å². The van der Waals surface area contributed by atoms with E-state index < -0.39 is 17.7 Å². The van der Waals surface area contributed by atoms with Crippen molar-refractivity contribution in [3.05, 3.63) is 29.3 Å². The number of aliphatic imine (C=N–C) groups is 1. The van der Waals surface area contributed by atoms with Gasteiger partial charge in [0.1, 0.15) is 17.5 Å². The molecule has 1 aromatic carbocycles. The van der Waals surface area contributed by atoms with Crippen LogP contribution in [-0.4, -0.2) is 29.3 Å². The lowest BCUT2D eigenvalue weighted by Gasteiger charge is -2.42. The highest BCUT2D eigenvalue weighted by molar-refractivity contribution is 5.81. The molecule has 1 aliphatic rings. The zero-order valence-corrected chi connectivity index (χ0v) is 13.3. The third kappa shape index (κ3) is 3.36. The molecule has 0 spiro atoms. The van der Waals surface area contributed by atoms with E-state index in [1.807, 2.05) is 6.92 Å². The van der Waals surface area contributed by atoms with Crippen LogP contribution in [0.4, 0.5) is 0 Å². The van der Waals surface area contributed by atoms with Crippen molar-refractivity contribution in [1.82, 2.24) is 10.6 Å². The van der Waals surface area contributed by atoms with E-state index in [1.165, 1.54) is 0 Å². The van der Waals surface area contributed by atoms with Crippen LogP contribution in [0.3, 0.4) is 0 Å². The number of nitrogens with zero attached hydrogens (tertiary/aromatic N) is 3. The molecule has 0 aromatic heterocycles. The fourth-order valence-corrected chi connectivity index (χ4v) is 2.51. The van der Waals surface area contributed by atoms with Gasteiger partial charge in [0.25, 0.3) is 0 Å². The number of hydrogen-bond acceptors (Lipinski definition) is 5. The molecule has 1 aliphatic heterocycles. The van der Waals surface area contributed by atoms with E-state index in [9.17, 15) is 5.11 Å². The minimum atomic E-state index is -0.897. The number of benzene rings is 1. The minimum absolute atomic E-state index is 0.269. The lowest BCUT2D eigenvalue weighted by atomic mass is 9.86. The number of nitrogens with one attached hydrogen (secondary N) is 2. The molecule has 1 heterocycles. The van der Waals surface area contributed by atoms with Crippen LogP contribution in [0.1, 0.15) is 37.9 Å². The van der Waals surface area contributed by atoms with Crippen LogP contribution >= 0.6 is 0 Å². The van der Waals surface area contributed by atoms with Gasteiger partial charge in [0.15, 0.2) is 0 Å². The van der Waals surface area contributed by atoms with Crippen molar-refractivity contribution in [2.45, 2.75) is 38.5 Å². The van der Waals surface area contributed by atoms with Gasteiger partial charge in [0.2, 0.25) is 12.2 Å². The van der Waals surface area contributed by atoms with Gasteiger partial charge in [0, 0.05) is 12.1 Å². The van der Waals surface area contributed by atoms with Crippen molar-refractivity contribution in [2.24, 2.45) is 4.99 Å². The SMILES string of the molecule is CCN/C(=N/C#N)N[C@H]1c2cc(C#N)ccc2OC(C)(C)[C@@H]1O. The van der Waals surface area contributed by atoms with Crippen molar-refractivity contribution >= 4 is 5.96 Å². The highest BCUT2D eigenvalue weighted by Crippen LogP contribution is 2.40. The Kier molecular flexibility index (Phi) is 4.73. The van der Waals surface area contributed by atoms with E-state index in [2.05, 4.69) is 21.7 Å². The van der Waals surface area contributed by atoms with E-state index in [-0.39, 0.29) is 5.96 Å². The first-order chi connectivity index (χ1) is 10.9. The minimum Gasteiger partial charge on any atom is -0.485 e. The fraction of sp³-hybridized carbons (Fsp3) is 0.438. The van der Waals surface area contributed by atoms with E-state index in [0.717, 1.165) is 0 Å². The van der Waals surface area contributed by atoms with E-state index in [0.29, 0.717) is 23.4 Å². The van der Waals surface area contributed by atoms with E-state index in [1.54, 1.807) is 38.2 Å². The zero-order chi connectivity index (χ0) is 17.0. The predicted molar refractivity (Wildman–Crippen MR) is 84.5 cm³/mol. The number of ether oxygens (including phenoxy) is 1. The number of hydrogen-bond donors (Lipinski definition) is 3. The van der Waals surface area contributed by atoms with Crippen LogP contribution in [0.15, 0.2) is 23.2 Å². The maximum atomic E-state index is 10.7. The topological polar surface area (TPSA) is 113 Å². The standard InChI is InChI=1S/C16H19N5O2/c1-4-19-15(20-9-18)21-13-11-7-10(8-17)5-6-12(11)23-16(2,3)14(13)22/h5-7,13-14,22H,4H2,1-3H3,(H2,19,20,21)/t13-,14+/m0/s1. The smallest absolute Gasteiger partial charge is 0.209 e. The Hall–Kier alpha value is -2.77. The zero-order valence-electron chi connectivity index (χ0n) is 13.3. The number of fused-ring (bicyclic) bond motifs is 1. The maximum absolute atomic E-state index is 10.7. The first-order valence-electron chi connectivity index (χ1n) is 7.31.